The van der Waals surface area contributed by atoms with Gasteiger partial charge in [-0.1, -0.05) is 19.7 Å². The molecule has 0 radical (unpaired) electrons. The first-order valence-electron chi connectivity index (χ1n) is 15.3. The lowest BCUT2D eigenvalue weighted by molar-refractivity contribution is -0.216. The van der Waals surface area contributed by atoms with E-state index in [9.17, 15) is 28.8 Å². The van der Waals surface area contributed by atoms with E-state index in [1.54, 1.807) is 20.8 Å². The quantitative estimate of drug-likeness (QED) is 0.0703. The molecule has 0 N–H and O–H groups in total. The van der Waals surface area contributed by atoms with E-state index in [0.717, 1.165) is 0 Å². The highest BCUT2D eigenvalue weighted by molar-refractivity contribution is 5.87. The third-order valence-electron chi connectivity index (χ3n) is 6.65. The molecule has 0 amide bonds. The predicted molar refractivity (Wildman–Crippen MR) is 162 cm³/mol. The second kappa shape index (κ2) is 21.8. The molecule has 0 aromatic rings. The van der Waals surface area contributed by atoms with Gasteiger partial charge in [0.2, 0.25) is 6.29 Å². The first kappa shape index (κ1) is 39.2. The molecule has 0 saturated carbocycles. The second-order valence-corrected chi connectivity index (χ2v) is 11.1. The molecule has 45 heavy (non-hydrogen) atoms. The van der Waals surface area contributed by atoms with Crippen LogP contribution in [0.25, 0.3) is 0 Å². The Morgan fingerprint density at radius 1 is 0.622 bits per heavy atom. The van der Waals surface area contributed by atoms with Crippen LogP contribution in [-0.2, 0) is 57.2 Å². The zero-order chi connectivity index (χ0) is 33.8. The molecule has 12 nitrogen and oxygen atoms in total. The van der Waals surface area contributed by atoms with Crippen molar-refractivity contribution in [3.8, 4) is 0 Å². The fourth-order valence-electron chi connectivity index (χ4n) is 4.09. The van der Waals surface area contributed by atoms with Gasteiger partial charge in [0.25, 0.3) is 0 Å². The third kappa shape index (κ3) is 17.9. The Morgan fingerprint density at radius 2 is 1.04 bits per heavy atom. The van der Waals surface area contributed by atoms with Crippen molar-refractivity contribution in [3.63, 3.8) is 0 Å². The van der Waals surface area contributed by atoms with Crippen molar-refractivity contribution >= 4 is 35.6 Å². The fraction of sp³-hybridized carbons (Fsp3) is 0.636. The van der Waals surface area contributed by atoms with Crippen LogP contribution in [0.3, 0.4) is 0 Å². The molecule has 3 atom stereocenters. The van der Waals surface area contributed by atoms with Crippen molar-refractivity contribution in [1.29, 1.82) is 0 Å². The van der Waals surface area contributed by atoms with E-state index >= 15 is 0 Å². The van der Waals surface area contributed by atoms with Gasteiger partial charge in [-0.2, -0.15) is 0 Å². The number of unbranched alkanes of at least 4 members (excludes halogenated alkanes) is 3. The minimum absolute atomic E-state index is 0.0500. The molecular formula is C33H48O12. The van der Waals surface area contributed by atoms with Gasteiger partial charge in [0.1, 0.15) is 11.9 Å². The minimum Gasteiger partial charge on any atom is -0.462 e. The Bertz CT molecular complexity index is 1080. The zero-order valence-electron chi connectivity index (χ0n) is 26.9. The van der Waals surface area contributed by atoms with Gasteiger partial charge >= 0.3 is 29.8 Å². The average Bonchev–Trinajstić information content (AvgIpc) is 2.97. The van der Waals surface area contributed by atoms with E-state index < -0.39 is 48.2 Å². The van der Waals surface area contributed by atoms with Crippen LogP contribution < -0.4 is 0 Å². The lowest BCUT2D eigenvalue weighted by Crippen LogP contribution is -2.43. The number of esters is 5. The van der Waals surface area contributed by atoms with Gasteiger partial charge in [-0.15, -0.1) is 0 Å². The maximum atomic E-state index is 12.8. The first-order chi connectivity index (χ1) is 21.3. The number of hydrogen-bond acceptors (Lipinski definition) is 12. The van der Waals surface area contributed by atoms with E-state index in [1.807, 2.05) is 0 Å². The van der Waals surface area contributed by atoms with Crippen LogP contribution in [0.1, 0.15) is 91.4 Å². The van der Waals surface area contributed by atoms with Crippen LogP contribution >= 0.6 is 0 Å². The van der Waals surface area contributed by atoms with Gasteiger partial charge in [-0.3, -0.25) is 14.4 Å². The van der Waals surface area contributed by atoms with Crippen LogP contribution in [-0.4, -0.2) is 74.5 Å². The lowest BCUT2D eigenvalue weighted by atomic mass is 9.89. The molecule has 1 heterocycles. The standard InChI is InChI=1S/C33H48O12/c1-22(2)31(37)40-16-10-7-13-26(34)19-25-20-30(45-29(36)15-9-12-18-42-33(39)24(5)6)43-21-27(25)44-28(35)14-8-11-17-41-32(38)23(3)4/h25,27,30H,1,3,5,7-21H2,2,4,6H3/t25-,27+,30?/m0/s1. The molecule has 12 heteroatoms. The number of carbonyl (C=O) groups is 6. The van der Waals surface area contributed by atoms with E-state index in [4.69, 9.17) is 28.4 Å². The van der Waals surface area contributed by atoms with Crippen molar-refractivity contribution in [3.05, 3.63) is 36.5 Å². The molecule has 1 rings (SSSR count). The Kier molecular flexibility index (Phi) is 19.0. The summed E-state index contributed by atoms with van der Waals surface area (Å²) in [5.41, 5.74) is 0.896. The molecule has 1 fully saturated rings. The van der Waals surface area contributed by atoms with Gasteiger partial charge in [0, 0.05) is 54.7 Å². The van der Waals surface area contributed by atoms with Gasteiger partial charge in [-0.25, -0.2) is 14.4 Å². The Labute approximate surface area is 265 Å². The first-order valence-corrected chi connectivity index (χ1v) is 15.3. The molecule has 1 saturated heterocycles. The van der Waals surface area contributed by atoms with Gasteiger partial charge in [0.05, 0.1) is 26.4 Å². The van der Waals surface area contributed by atoms with Crippen LogP contribution in [0, 0.1) is 5.92 Å². The fourth-order valence-corrected chi connectivity index (χ4v) is 4.09. The summed E-state index contributed by atoms with van der Waals surface area (Å²) in [6.45, 7) is 15.6. The molecule has 1 aliphatic heterocycles. The van der Waals surface area contributed by atoms with E-state index in [2.05, 4.69) is 19.7 Å². The number of Topliss-reactive ketones (excluding diaryl/α,β-unsaturated/α-hetero) is 1. The molecule has 0 aliphatic carbocycles. The van der Waals surface area contributed by atoms with Crippen molar-refractivity contribution in [2.75, 3.05) is 26.4 Å². The summed E-state index contributed by atoms with van der Waals surface area (Å²) in [5.74, 6) is -2.93. The largest absolute Gasteiger partial charge is 0.462 e. The highest BCUT2D eigenvalue weighted by atomic mass is 16.7. The molecule has 0 spiro atoms. The molecule has 0 bridgehead atoms. The summed E-state index contributed by atoms with van der Waals surface area (Å²) in [7, 11) is 0. The Morgan fingerprint density at radius 3 is 1.49 bits per heavy atom. The van der Waals surface area contributed by atoms with Gasteiger partial charge in [0.15, 0.2) is 0 Å². The zero-order valence-corrected chi connectivity index (χ0v) is 26.9. The average molecular weight is 637 g/mol. The molecule has 0 aromatic carbocycles. The number of carbonyl (C=O) groups excluding carboxylic acids is 6. The lowest BCUT2D eigenvalue weighted by Gasteiger charge is -2.35. The van der Waals surface area contributed by atoms with Crippen LogP contribution in [0.4, 0.5) is 0 Å². The van der Waals surface area contributed by atoms with Crippen LogP contribution in [0.2, 0.25) is 0 Å². The van der Waals surface area contributed by atoms with Gasteiger partial charge < -0.3 is 28.4 Å². The van der Waals surface area contributed by atoms with E-state index in [-0.39, 0.29) is 64.3 Å². The summed E-state index contributed by atoms with van der Waals surface area (Å²) < 4.78 is 31.9. The summed E-state index contributed by atoms with van der Waals surface area (Å²) in [5, 5.41) is 0. The van der Waals surface area contributed by atoms with Gasteiger partial charge in [-0.05, 0) is 59.3 Å². The maximum absolute atomic E-state index is 12.8. The summed E-state index contributed by atoms with van der Waals surface area (Å²) in [4.78, 5) is 72.2. The monoisotopic (exact) mass is 636 g/mol. The van der Waals surface area contributed by atoms with E-state index in [1.165, 1.54) is 0 Å². The topological polar surface area (TPSA) is 158 Å². The summed E-state index contributed by atoms with van der Waals surface area (Å²) in [6.07, 6.45) is 1.87. The Hall–Kier alpha value is -3.80. The summed E-state index contributed by atoms with van der Waals surface area (Å²) in [6, 6.07) is 0. The maximum Gasteiger partial charge on any atom is 0.333 e. The number of hydrogen-bond donors (Lipinski definition) is 0. The molecular weight excluding hydrogens is 588 g/mol. The normalized spacial score (nSPS) is 17.4. The Balaban J connectivity index is 2.60. The second-order valence-electron chi connectivity index (χ2n) is 11.1. The number of ketones is 1. The highest BCUT2D eigenvalue weighted by Gasteiger charge is 2.36. The SMILES string of the molecule is C=C(C)C(=O)OCCCCC(=O)C[C@H]1CC(OC(=O)CCCCOC(=O)C(=C)C)OC[C@H]1OC(=O)CCCCOC(=O)C(=C)C. The third-order valence-corrected chi connectivity index (χ3v) is 6.65. The molecule has 252 valence electrons. The molecule has 1 unspecified atom stereocenters. The van der Waals surface area contributed by atoms with Crippen LogP contribution in [0.15, 0.2) is 36.5 Å². The molecule has 1 aliphatic rings. The van der Waals surface area contributed by atoms with Crippen LogP contribution in [0.5, 0.6) is 0 Å². The minimum atomic E-state index is -0.906. The van der Waals surface area contributed by atoms with Crippen molar-refractivity contribution in [2.24, 2.45) is 5.92 Å². The summed E-state index contributed by atoms with van der Waals surface area (Å²) >= 11 is 0. The van der Waals surface area contributed by atoms with Crippen molar-refractivity contribution in [2.45, 2.75) is 104 Å². The van der Waals surface area contributed by atoms with Crippen molar-refractivity contribution < 1.29 is 57.2 Å². The number of ether oxygens (including phenoxy) is 6. The molecule has 0 aromatic heterocycles. The predicted octanol–water partition coefficient (Wildman–Crippen LogP) is 4.63. The highest BCUT2D eigenvalue weighted by Crippen LogP contribution is 2.28. The van der Waals surface area contributed by atoms with E-state index in [0.29, 0.717) is 55.2 Å². The smallest absolute Gasteiger partial charge is 0.333 e. The number of rotatable bonds is 22. The van der Waals surface area contributed by atoms with Crippen molar-refractivity contribution in [1.82, 2.24) is 0 Å².